The number of urea groups is 1. The van der Waals surface area contributed by atoms with Crippen LogP contribution in [0.5, 0.6) is 0 Å². The zero-order valence-electron chi connectivity index (χ0n) is 44.2. The lowest BCUT2D eigenvalue weighted by atomic mass is 10.0. The molecule has 0 fully saturated rings. The van der Waals surface area contributed by atoms with Crippen LogP contribution >= 0.6 is 0 Å². The highest BCUT2D eigenvalue weighted by Gasteiger charge is 2.32. The summed E-state index contributed by atoms with van der Waals surface area (Å²) in [7, 11) is 0. The molecule has 0 aliphatic rings. The van der Waals surface area contributed by atoms with Gasteiger partial charge in [-0.2, -0.15) is 0 Å². The van der Waals surface area contributed by atoms with Crippen LogP contribution in [0.2, 0.25) is 0 Å². The number of rotatable bonds is 42. The minimum absolute atomic E-state index is 0.164. The summed E-state index contributed by atoms with van der Waals surface area (Å²) in [5.74, 6) is -15.7. The van der Waals surface area contributed by atoms with E-state index in [0.29, 0.717) is 11.1 Å². The first kappa shape index (κ1) is 68.8. The van der Waals surface area contributed by atoms with Crippen molar-refractivity contribution in [3.63, 3.8) is 0 Å². The van der Waals surface area contributed by atoms with Gasteiger partial charge in [-0.15, -0.1) is 0 Å². The first-order valence-electron chi connectivity index (χ1n) is 25.2. The van der Waals surface area contributed by atoms with Crippen molar-refractivity contribution in [3.05, 3.63) is 71.8 Å². The molecule has 0 saturated heterocycles. The summed E-state index contributed by atoms with van der Waals surface area (Å²) in [6, 6.07) is 7.23. The normalized spacial score (nSPS) is 12.8. The van der Waals surface area contributed by atoms with Gasteiger partial charge in [0.1, 0.15) is 30.2 Å². The summed E-state index contributed by atoms with van der Waals surface area (Å²) in [5, 5.41) is 91.4. The van der Waals surface area contributed by atoms with Crippen LogP contribution in [-0.2, 0) is 75.2 Å². The van der Waals surface area contributed by atoms with E-state index in [1.54, 1.807) is 60.7 Å². The fourth-order valence-electron chi connectivity index (χ4n) is 7.66. The predicted octanol–water partition coefficient (Wildman–Crippen LogP) is -3.88. The van der Waals surface area contributed by atoms with Crippen molar-refractivity contribution < 1.29 is 108 Å². The summed E-state index contributed by atoms with van der Waals surface area (Å²) in [4.78, 5) is 175. The summed E-state index contributed by atoms with van der Waals surface area (Å²) in [6.45, 7) is -4.59. The Morgan fingerprint density at radius 3 is 1.06 bits per heavy atom. The molecule has 2 aromatic rings. The fraction of sp³-hybridized carbons (Fsp3) is 0.480. The molecule has 82 heavy (non-hydrogen) atoms. The van der Waals surface area contributed by atoms with Crippen molar-refractivity contribution >= 4 is 83.3 Å². The molecule has 0 radical (unpaired) electrons. The highest BCUT2D eigenvalue weighted by atomic mass is 16.4. The van der Waals surface area contributed by atoms with Crippen LogP contribution in [0.1, 0.15) is 49.7 Å². The van der Waals surface area contributed by atoms with E-state index >= 15 is 0 Å². The molecule has 3 unspecified atom stereocenters. The predicted molar refractivity (Wildman–Crippen MR) is 279 cm³/mol. The van der Waals surface area contributed by atoms with Crippen LogP contribution in [0.4, 0.5) is 4.79 Å². The second-order valence-corrected chi connectivity index (χ2v) is 18.3. The Kier molecular flexibility index (Phi) is 30.9. The topological polar surface area (TPSA) is 495 Å². The van der Waals surface area contributed by atoms with Gasteiger partial charge in [0.15, 0.2) is 0 Å². The van der Waals surface area contributed by atoms with Gasteiger partial charge in [-0.25, -0.2) is 19.2 Å². The Morgan fingerprint density at radius 1 is 0.354 bits per heavy atom. The van der Waals surface area contributed by atoms with Crippen LogP contribution in [-0.4, -0.2) is 241 Å². The van der Waals surface area contributed by atoms with E-state index < -0.39 is 185 Å². The van der Waals surface area contributed by atoms with Crippen LogP contribution in [0.25, 0.3) is 0 Å². The number of nitrogens with one attached hydrogen (secondary N) is 7. The Hall–Kier alpha value is -9.30. The van der Waals surface area contributed by atoms with Crippen molar-refractivity contribution in [1.82, 2.24) is 51.9 Å². The van der Waals surface area contributed by atoms with Gasteiger partial charge < -0.3 is 78.1 Å². The van der Waals surface area contributed by atoms with E-state index in [1.807, 2.05) is 10.6 Å². The second kappa shape index (κ2) is 36.8. The molecular formula is C50H68N10O22. The monoisotopic (exact) mass is 1160 g/mol. The maximum atomic E-state index is 14.2. The van der Waals surface area contributed by atoms with Gasteiger partial charge in [0.05, 0.1) is 32.7 Å². The van der Waals surface area contributed by atoms with Gasteiger partial charge in [-0.1, -0.05) is 60.7 Å². The third-order valence-corrected chi connectivity index (χ3v) is 11.7. The zero-order valence-corrected chi connectivity index (χ0v) is 44.2. The number of benzene rings is 2. The van der Waals surface area contributed by atoms with E-state index in [9.17, 15) is 103 Å². The van der Waals surface area contributed by atoms with Crippen LogP contribution < -0.4 is 37.2 Å². The maximum absolute atomic E-state index is 14.2. The number of aliphatic carboxylic acids is 8. The Bertz CT molecular complexity index is 2520. The number of amides is 7. The Balaban J connectivity index is 2.14. The van der Waals surface area contributed by atoms with Gasteiger partial charge in [0, 0.05) is 71.4 Å². The quantitative estimate of drug-likeness (QED) is 0.0283. The summed E-state index contributed by atoms with van der Waals surface area (Å²) >= 11 is 0. The van der Waals surface area contributed by atoms with Crippen LogP contribution in [0, 0.1) is 0 Å². The average molecular weight is 1160 g/mol. The molecule has 0 heterocycles. The average Bonchev–Trinajstić information content (AvgIpc) is 3.44. The molecule has 0 spiro atoms. The molecule has 2 rings (SSSR count). The standard InChI is InChI=1S/C50H68N10O22/c61-37(51-17-18-52-38(62)15-12-33(48(78)79)56-50(82)57-34(49(80)81)13-16-40(64)65)14-11-32(47(76)77)54-46(75)36(24-31-9-5-2-6-10-31)55-45(74)35(23-30-7-3-1-4-8-30)53-39(63)25-59(27-42(68)69)21-19-58(26-41(66)67)20-22-60(28-43(70)71)29-44(72)73/h1-10,32-36H,11-29H2,(H,51,61)(H,52,62)(H,53,63)(H,54,75)(H,55,74)(H,64,65)(H,66,67)(H,68,69)(H,70,71)(H,72,73)(H,76,77)(H,78,79)(H,80,81)(H2,56,57,82)/t32-,33?,34+,35?,36?/m1/s1. The van der Waals surface area contributed by atoms with Gasteiger partial charge in [0.25, 0.3) is 0 Å². The van der Waals surface area contributed by atoms with Gasteiger partial charge in [-0.05, 0) is 30.4 Å². The molecule has 0 aromatic heterocycles. The van der Waals surface area contributed by atoms with Gasteiger partial charge in [0.2, 0.25) is 29.5 Å². The fourth-order valence-corrected chi connectivity index (χ4v) is 7.66. The van der Waals surface area contributed by atoms with Crippen molar-refractivity contribution in [2.75, 3.05) is 72.0 Å². The van der Waals surface area contributed by atoms with Crippen molar-refractivity contribution in [2.24, 2.45) is 0 Å². The van der Waals surface area contributed by atoms with Crippen molar-refractivity contribution in [2.45, 2.75) is 81.6 Å². The lowest BCUT2D eigenvalue weighted by molar-refractivity contribution is -0.143. The first-order valence-corrected chi connectivity index (χ1v) is 25.2. The Morgan fingerprint density at radius 2 is 0.683 bits per heavy atom. The third kappa shape index (κ3) is 30.2. The minimum Gasteiger partial charge on any atom is -0.481 e. The highest BCUT2D eigenvalue weighted by molar-refractivity contribution is 5.94. The summed E-state index contributed by atoms with van der Waals surface area (Å²) in [6.07, 6.45) is -3.37. The minimum atomic E-state index is -1.70. The van der Waals surface area contributed by atoms with E-state index in [4.69, 9.17) is 5.11 Å². The van der Waals surface area contributed by atoms with E-state index in [1.165, 1.54) is 4.90 Å². The lowest BCUT2D eigenvalue weighted by Gasteiger charge is -2.28. The summed E-state index contributed by atoms with van der Waals surface area (Å²) < 4.78 is 0. The van der Waals surface area contributed by atoms with E-state index in [-0.39, 0.29) is 52.1 Å². The van der Waals surface area contributed by atoms with E-state index in [2.05, 4.69) is 26.6 Å². The molecule has 0 aliphatic carbocycles. The lowest BCUT2D eigenvalue weighted by Crippen LogP contribution is -2.57. The first-order chi connectivity index (χ1) is 38.7. The number of hydrogen-bond donors (Lipinski definition) is 15. The number of carboxylic acids is 8. The zero-order chi connectivity index (χ0) is 61.3. The molecule has 32 heteroatoms. The molecule has 0 aliphatic heterocycles. The van der Waals surface area contributed by atoms with Gasteiger partial charge >= 0.3 is 53.8 Å². The van der Waals surface area contributed by atoms with Crippen LogP contribution in [0.3, 0.4) is 0 Å². The molecule has 0 bridgehead atoms. The summed E-state index contributed by atoms with van der Waals surface area (Å²) in [5.41, 5.74) is 1.03. The number of nitrogens with zero attached hydrogens (tertiary/aromatic N) is 3. The smallest absolute Gasteiger partial charge is 0.326 e. The molecule has 32 nitrogen and oxygen atoms in total. The molecular weight excluding hydrogens is 1090 g/mol. The number of carbonyl (C=O) groups excluding carboxylic acids is 6. The maximum Gasteiger partial charge on any atom is 0.326 e. The van der Waals surface area contributed by atoms with Gasteiger partial charge in [-0.3, -0.25) is 62.6 Å². The molecule has 0 saturated carbocycles. The molecule has 5 atom stereocenters. The number of hydrogen-bond acceptors (Lipinski definition) is 17. The Labute approximate surface area is 467 Å². The number of carboxylic acid groups (broad SMARTS) is 8. The SMILES string of the molecule is O=C(O)CC[C@H](NC(=O)NC(CCC(=O)NCCNC(=O)CC[C@@H](NC(=O)C(Cc1ccccc1)NC(=O)C(Cc1ccccc1)NC(=O)CN(CCN(CCN(CC(=O)O)CC(=O)O)CC(=O)O)CC(=O)O)C(=O)O)C(=O)O)C(=O)O. The van der Waals surface area contributed by atoms with Crippen LogP contribution in [0.15, 0.2) is 60.7 Å². The van der Waals surface area contributed by atoms with Crippen molar-refractivity contribution in [1.29, 1.82) is 0 Å². The molecule has 7 amide bonds. The molecule has 15 N–H and O–H groups in total. The third-order valence-electron chi connectivity index (χ3n) is 11.7. The highest BCUT2D eigenvalue weighted by Crippen LogP contribution is 2.10. The molecule has 450 valence electrons. The van der Waals surface area contributed by atoms with Crippen molar-refractivity contribution in [3.8, 4) is 0 Å². The van der Waals surface area contributed by atoms with E-state index in [0.717, 1.165) is 9.80 Å². The largest absolute Gasteiger partial charge is 0.481 e. The molecule has 2 aromatic carbocycles. The second-order valence-electron chi connectivity index (χ2n) is 18.3. The number of carbonyl (C=O) groups is 14.